The molecule has 2 aliphatic rings. The van der Waals surface area contributed by atoms with E-state index in [-0.39, 0.29) is 0 Å². The van der Waals surface area contributed by atoms with Crippen LogP contribution in [0.4, 0.5) is 0 Å². The molecule has 2 rings (SSSR count). The molecule has 0 spiro atoms. The number of hydrogen-bond acceptors (Lipinski definition) is 3. The van der Waals surface area contributed by atoms with Crippen molar-refractivity contribution in [3.63, 3.8) is 0 Å². The van der Waals surface area contributed by atoms with Gasteiger partial charge in [0.15, 0.2) is 0 Å². The van der Waals surface area contributed by atoms with Gasteiger partial charge in [0, 0.05) is 31.7 Å². The van der Waals surface area contributed by atoms with Crippen LogP contribution in [0.1, 0.15) is 33.1 Å². The molecule has 0 amide bonds. The Balaban J connectivity index is 1.90. The number of piperidine rings is 1. The topological polar surface area (TPSA) is 24.5 Å². The average molecular weight is 212 g/mol. The normalized spacial score (nSPS) is 33.0. The Kier molecular flexibility index (Phi) is 4.00. The second kappa shape index (κ2) is 5.28. The van der Waals surface area contributed by atoms with Crippen molar-refractivity contribution < 1.29 is 4.74 Å². The molecule has 1 N–H and O–H groups in total. The lowest BCUT2D eigenvalue weighted by Gasteiger charge is -2.44. The fourth-order valence-corrected chi connectivity index (χ4v) is 2.93. The van der Waals surface area contributed by atoms with Crippen molar-refractivity contribution in [3.8, 4) is 0 Å². The largest absolute Gasteiger partial charge is 0.374 e. The van der Waals surface area contributed by atoms with Gasteiger partial charge in [0.1, 0.15) is 0 Å². The summed E-state index contributed by atoms with van der Waals surface area (Å²) >= 11 is 0. The summed E-state index contributed by atoms with van der Waals surface area (Å²) in [4.78, 5) is 2.62. The minimum atomic E-state index is 0.438. The maximum absolute atomic E-state index is 5.85. The molecule has 0 aliphatic carbocycles. The van der Waals surface area contributed by atoms with Crippen LogP contribution in [-0.2, 0) is 4.74 Å². The Morgan fingerprint density at radius 3 is 2.93 bits per heavy atom. The third-order valence-corrected chi connectivity index (χ3v) is 3.89. The summed E-state index contributed by atoms with van der Waals surface area (Å²) in [6.45, 7) is 8.87. The summed E-state index contributed by atoms with van der Waals surface area (Å²) in [6, 6.07) is 1.38. The van der Waals surface area contributed by atoms with E-state index in [0.29, 0.717) is 12.1 Å². The molecule has 0 radical (unpaired) electrons. The van der Waals surface area contributed by atoms with Crippen molar-refractivity contribution in [2.75, 3.05) is 26.2 Å². The Morgan fingerprint density at radius 2 is 2.20 bits per heavy atom. The molecule has 0 aromatic heterocycles. The van der Waals surface area contributed by atoms with E-state index < -0.39 is 0 Å². The Hall–Kier alpha value is -0.120. The highest BCUT2D eigenvalue weighted by molar-refractivity contribution is 4.90. The van der Waals surface area contributed by atoms with Crippen LogP contribution in [0.2, 0.25) is 0 Å². The van der Waals surface area contributed by atoms with Crippen molar-refractivity contribution in [3.05, 3.63) is 0 Å². The van der Waals surface area contributed by atoms with Crippen LogP contribution in [0.15, 0.2) is 0 Å². The second-order valence-corrected chi connectivity index (χ2v) is 4.72. The molecule has 3 nitrogen and oxygen atoms in total. The molecule has 0 unspecified atom stereocenters. The Labute approximate surface area is 93.2 Å². The number of ether oxygens (including phenoxy) is 1. The number of likely N-dealkylation sites (tertiary alicyclic amines) is 1. The molecule has 2 atom stereocenters. The first-order valence-electron chi connectivity index (χ1n) is 6.44. The Bertz CT molecular complexity index is 194. The van der Waals surface area contributed by atoms with E-state index in [0.717, 1.165) is 25.7 Å². The van der Waals surface area contributed by atoms with Gasteiger partial charge in [-0.2, -0.15) is 0 Å². The van der Waals surface area contributed by atoms with Gasteiger partial charge in [0.25, 0.3) is 0 Å². The number of nitrogens with one attached hydrogen (secondary N) is 1. The summed E-state index contributed by atoms with van der Waals surface area (Å²) in [7, 11) is 0. The molecule has 0 bridgehead atoms. The van der Waals surface area contributed by atoms with Crippen LogP contribution in [0.3, 0.4) is 0 Å². The fourth-order valence-electron chi connectivity index (χ4n) is 2.93. The lowest BCUT2D eigenvalue weighted by atomic mass is 9.97. The van der Waals surface area contributed by atoms with Gasteiger partial charge in [-0.1, -0.05) is 13.8 Å². The highest BCUT2D eigenvalue weighted by Gasteiger charge is 2.33. The summed E-state index contributed by atoms with van der Waals surface area (Å²) in [5, 5.41) is 3.56. The highest BCUT2D eigenvalue weighted by atomic mass is 16.5. The standard InChI is InChI=1S/C12H24N2O/c1-3-10(4-2)14-7-5-11-12(9-14)15-8-6-13-11/h10-13H,3-9H2,1-2H3/t11-,12-/m0/s1. The van der Waals surface area contributed by atoms with Gasteiger partial charge >= 0.3 is 0 Å². The molecule has 88 valence electrons. The summed E-state index contributed by atoms with van der Waals surface area (Å²) in [5.74, 6) is 0. The van der Waals surface area contributed by atoms with Gasteiger partial charge in [0.05, 0.1) is 12.7 Å². The number of nitrogens with zero attached hydrogens (tertiary/aromatic N) is 1. The first-order valence-corrected chi connectivity index (χ1v) is 6.44. The molecular weight excluding hydrogens is 188 g/mol. The van der Waals surface area contributed by atoms with E-state index in [9.17, 15) is 0 Å². The SMILES string of the molecule is CCC(CC)N1CC[C@@H]2NCCO[C@H]2C1. The summed E-state index contributed by atoms with van der Waals surface area (Å²) < 4.78 is 5.85. The molecule has 2 saturated heterocycles. The van der Waals surface area contributed by atoms with Gasteiger partial charge in [-0.05, 0) is 19.3 Å². The highest BCUT2D eigenvalue weighted by Crippen LogP contribution is 2.20. The van der Waals surface area contributed by atoms with Gasteiger partial charge in [-0.3, -0.25) is 4.90 Å². The molecule has 0 aromatic rings. The third kappa shape index (κ3) is 2.52. The number of morpholine rings is 1. The molecule has 2 aliphatic heterocycles. The lowest BCUT2D eigenvalue weighted by Crippen LogP contribution is -2.59. The summed E-state index contributed by atoms with van der Waals surface area (Å²) in [6.07, 6.45) is 4.22. The van der Waals surface area contributed by atoms with Gasteiger partial charge in [0.2, 0.25) is 0 Å². The monoisotopic (exact) mass is 212 g/mol. The first kappa shape index (κ1) is 11.4. The van der Waals surface area contributed by atoms with E-state index in [1.165, 1.54) is 25.8 Å². The van der Waals surface area contributed by atoms with E-state index >= 15 is 0 Å². The maximum atomic E-state index is 5.85. The molecule has 0 saturated carbocycles. The number of rotatable bonds is 3. The van der Waals surface area contributed by atoms with Crippen LogP contribution in [0, 0.1) is 0 Å². The van der Waals surface area contributed by atoms with Gasteiger partial charge < -0.3 is 10.1 Å². The van der Waals surface area contributed by atoms with Crippen LogP contribution < -0.4 is 5.32 Å². The second-order valence-electron chi connectivity index (χ2n) is 4.72. The van der Waals surface area contributed by atoms with Gasteiger partial charge in [-0.25, -0.2) is 0 Å². The zero-order valence-electron chi connectivity index (χ0n) is 10.0. The molecule has 0 aromatic carbocycles. The molecule has 2 fully saturated rings. The molecular formula is C12H24N2O. The molecule has 2 heterocycles. The molecule has 3 heteroatoms. The first-order chi connectivity index (χ1) is 7.35. The number of fused-ring (bicyclic) bond motifs is 1. The quantitative estimate of drug-likeness (QED) is 0.762. The fraction of sp³-hybridized carbons (Fsp3) is 1.00. The van der Waals surface area contributed by atoms with Crippen LogP contribution in [0.25, 0.3) is 0 Å². The minimum Gasteiger partial charge on any atom is -0.374 e. The van der Waals surface area contributed by atoms with Crippen molar-refractivity contribution in [1.29, 1.82) is 0 Å². The predicted octanol–water partition coefficient (Wildman–Crippen LogP) is 1.24. The lowest BCUT2D eigenvalue weighted by molar-refractivity contribution is -0.0569. The van der Waals surface area contributed by atoms with Crippen LogP contribution in [-0.4, -0.2) is 49.3 Å². The average Bonchev–Trinajstić information content (AvgIpc) is 2.30. The van der Waals surface area contributed by atoms with E-state index in [1.807, 2.05) is 0 Å². The third-order valence-electron chi connectivity index (χ3n) is 3.89. The van der Waals surface area contributed by atoms with Crippen molar-refractivity contribution >= 4 is 0 Å². The van der Waals surface area contributed by atoms with Crippen LogP contribution >= 0.6 is 0 Å². The molecule has 15 heavy (non-hydrogen) atoms. The van der Waals surface area contributed by atoms with Crippen LogP contribution in [0.5, 0.6) is 0 Å². The van der Waals surface area contributed by atoms with Crippen molar-refractivity contribution in [1.82, 2.24) is 10.2 Å². The number of hydrogen-bond donors (Lipinski definition) is 1. The summed E-state index contributed by atoms with van der Waals surface area (Å²) in [5.41, 5.74) is 0. The minimum absolute atomic E-state index is 0.438. The van der Waals surface area contributed by atoms with Gasteiger partial charge in [-0.15, -0.1) is 0 Å². The van der Waals surface area contributed by atoms with Crippen molar-refractivity contribution in [2.45, 2.75) is 51.3 Å². The predicted molar refractivity (Wildman–Crippen MR) is 62.1 cm³/mol. The zero-order valence-corrected chi connectivity index (χ0v) is 10.0. The Morgan fingerprint density at radius 1 is 1.40 bits per heavy atom. The van der Waals surface area contributed by atoms with Crippen molar-refractivity contribution in [2.24, 2.45) is 0 Å². The van der Waals surface area contributed by atoms with E-state index in [2.05, 4.69) is 24.1 Å². The van der Waals surface area contributed by atoms with E-state index in [4.69, 9.17) is 4.74 Å². The zero-order chi connectivity index (χ0) is 10.7. The van der Waals surface area contributed by atoms with E-state index in [1.54, 1.807) is 0 Å². The smallest absolute Gasteiger partial charge is 0.0855 e. The maximum Gasteiger partial charge on any atom is 0.0855 e.